The van der Waals surface area contributed by atoms with Gasteiger partial charge in [0, 0.05) is 80.5 Å². The summed E-state index contributed by atoms with van der Waals surface area (Å²) in [6, 6.07) is 0. The lowest BCUT2D eigenvalue weighted by atomic mass is 9.81. The third kappa shape index (κ3) is 30.4. The molecule has 0 radical (unpaired) electrons. The molecule has 29 heterocycles. The molecule has 30 aliphatic rings. The van der Waals surface area contributed by atoms with E-state index in [9.17, 15) is 131 Å². The highest BCUT2D eigenvalue weighted by Gasteiger charge is 2.61. The van der Waals surface area contributed by atoms with Gasteiger partial charge in [-0.1, -0.05) is 6.92 Å². The molecule has 1 saturated carbocycles. The Morgan fingerprint density at radius 2 is 0.452 bits per heavy atom. The summed E-state index contributed by atoms with van der Waals surface area (Å²) in [5.74, 6) is -8.19. The normalized spacial score (nSPS) is 42.1. The van der Waals surface area contributed by atoms with Crippen molar-refractivity contribution in [2.45, 2.75) is 291 Å². The molecule has 0 spiro atoms. The number of hydrogen-bond acceptors (Lipinski definition) is 48. The molecule has 29 saturated heterocycles. The van der Waals surface area contributed by atoms with Crippen LogP contribution in [0, 0.1) is 5.92 Å². The quantitative estimate of drug-likeness (QED) is 0.0154. The van der Waals surface area contributed by atoms with E-state index in [-0.39, 0.29) is 112 Å². The van der Waals surface area contributed by atoms with Gasteiger partial charge in [-0.2, -0.15) is 94.1 Å². The second-order valence-corrected chi connectivity index (χ2v) is 40.0. The maximum absolute atomic E-state index is 12.4. The van der Waals surface area contributed by atoms with Crippen molar-refractivity contribution in [1.29, 1.82) is 0 Å². The first-order chi connectivity index (χ1) is 60.2. The Balaban J connectivity index is 1.11. The van der Waals surface area contributed by atoms with E-state index in [2.05, 4.69) is 0 Å². The number of rotatable bonds is 41. The molecule has 1 aliphatic carbocycles. The zero-order valence-electron chi connectivity index (χ0n) is 68.7. The van der Waals surface area contributed by atoms with Gasteiger partial charge in [0.25, 0.3) is 0 Å². The van der Waals surface area contributed by atoms with Crippen molar-refractivity contribution in [3.8, 4) is 0 Å². The van der Waals surface area contributed by atoms with E-state index >= 15 is 0 Å². The van der Waals surface area contributed by atoms with Gasteiger partial charge in [-0.25, -0.2) is 19.6 Å². The Morgan fingerprint density at radius 1 is 0.254 bits per heavy atom. The zero-order valence-corrected chi connectivity index (χ0v) is 75.3. The summed E-state index contributed by atoms with van der Waals surface area (Å²) in [7, 11) is 2.54. The summed E-state index contributed by atoms with van der Waals surface area (Å²) >= 11 is 8.40. The smallest absolute Gasteiger partial charge is 0.304 e. The monoisotopic (exact) mass is 1970 g/mol. The number of carbonyl (C=O) groups is 5. The molecule has 0 aromatic rings. The molecule has 0 aromatic carbocycles. The largest absolute Gasteiger partial charge is 0.481 e. The highest BCUT2D eigenvalue weighted by atomic mass is 32.2. The standard InChI is InChI=1S/C73H120O45S8/c1-4-12-119-21-29-20-30-43(84)44(85)59(29)112-67-53(94)46(87)61(32(106-67)22-120-13-5-38(74)75)114-69-54(95)48(89)63(34(107-69)24-122-15-7-40(78)79)115-70-55(96)49(90)64(35(108-70)25-123-16-8-41(80)81)116-71-56(97)50(91)65(36(109-71)26-124-17-9-42(82)83)117-73-58(99)51(92)66(37(111-73)28-126-19-11-103-101-3)118-72-57(98)47(88)62(33(110-72)23-121-14-6-39(76)77)113-68-52(93)45(86)60(104-30)31(105-68)27-125-18-10-102-100-2/h29-37,43-73,84-99H,4-28H2,1-3H3,(H,74,75)(H,76,77)(H,78,79)(H,80,81)(H,82,83)/t29-,30+,31-,32-,33-,34-,35-,36-,37-,43+,44-,45-,46-,47-,48-,49-,50-,51-,52-,53-,54-,55-,56-,57-,58-,59?,60?,61?,62?,63-,64-,65-,66-,67-,68-,69-,70?,71?,72-,73?/m1/s1. The molecule has 45 nitrogen and oxygen atoms in total. The summed E-state index contributed by atoms with van der Waals surface area (Å²) in [6.45, 7) is 1.88. The van der Waals surface area contributed by atoms with Crippen LogP contribution in [0.2, 0.25) is 0 Å². The molecule has 30 rings (SSSR count). The van der Waals surface area contributed by atoms with Crippen molar-refractivity contribution in [2.75, 3.05) is 119 Å². The van der Waals surface area contributed by atoms with Crippen LogP contribution in [0.15, 0.2) is 0 Å². The lowest BCUT2D eigenvalue weighted by molar-refractivity contribution is -0.392. The summed E-state index contributed by atoms with van der Waals surface area (Å²) in [4.78, 5) is 78.7. The number of thioether (sulfide) groups is 8. The maximum atomic E-state index is 12.4. The molecule has 730 valence electrons. The van der Waals surface area contributed by atoms with Gasteiger partial charge in [0.1, 0.15) is 140 Å². The van der Waals surface area contributed by atoms with E-state index in [1.54, 1.807) is 0 Å². The Kier molecular flexibility index (Phi) is 46.5. The first-order valence-corrected chi connectivity index (χ1v) is 50.1. The van der Waals surface area contributed by atoms with E-state index in [1.165, 1.54) is 37.7 Å². The molecular weight excluding hydrogens is 1850 g/mol. The summed E-state index contributed by atoms with van der Waals surface area (Å²) < 4.78 is 95.7. The minimum Gasteiger partial charge on any atom is -0.481 e. The number of carboxylic acid groups (broad SMARTS) is 5. The van der Waals surface area contributed by atoms with Crippen molar-refractivity contribution in [1.82, 2.24) is 0 Å². The lowest BCUT2D eigenvalue weighted by Gasteiger charge is -2.51. The number of hydrogen-bond donors (Lipinski definition) is 21. The van der Waals surface area contributed by atoms with E-state index in [0.29, 0.717) is 12.2 Å². The minimum atomic E-state index is -2.27. The predicted octanol–water partition coefficient (Wildman–Crippen LogP) is -5.88. The average Bonchev–Trinajstić information content (AvgIpc) is 0.771. The van der Waals surface area contributed by atoms with Crippen LogP contribution >= 0.6 is 94.1 Å². The maximum Gasteiger partial charge on any atom is 0.304 e. The number of aliphatic hydroxyl groups excluding tert-OH is 16. The molecule has 29 aliphatic heterocycles. The van der Waals surface area contributed by atoms with Gasteiger partial charge in [-0.3, -0.25) is 24.0 Å². The number of aliphatic carboxylic acids is 5. The molecule has 126 heavy (non-hydrogen) atoms. The minimum absolute atomic E-state index is 0.0110. The van der Waals surface area contributed by atoms with Crippen molar-refractivity contribution in [3.63, 3.8) is 0 Å². The van der Waals surface area contributed by atoms with Crippen molar-refractivity contribution in [3.05, 3.63) is 0 Å². The van der Waals surface area contributed by atoms with E-state index in [0.717, 1.165) is 70.6 Å². The van der Waals surface area contributed by atoms with Crippen molar-refractivity contribution >= 4 is 124 Å². The molecule has 40 atom stereocenters. The molecule has 53 heteroatoms. The van der Waals surface area contributed by atoms with E-state index in [4.69, 9.17) is 90.6 Å². The summed E-state index contributed by atoms with van der Waals surface area (Å²) in [6.07, 6.45) is -76.2. The van der Waals surface area contributed by atoms with Crippen LogP contribution in [0.25, 0.3) is 0 Å². The van der Waals surface area contributed by atoms with E-state index in [1.807, 2.05) is 6.92 Å². The van der Waals surface area contributed by atoms with Crippen LogP contribution in [-0.2, 0) is 115 Å². The average molecular weight is 1970 g/mol. The van der Waals surface area contributed by atoms with Crippen molar-refractivity contribution in [2.24, 2.45) is 5.92 Å². The van der Waals surface area contributed by atoms with Crippen LogP contribution < -0.4 is 0 Å². The molecule has 30 fully saturated rings. The first kappa shape index (κ1) is 108. The third-order valence-corrected chi connectivity index (χ3v) is 30.4. The predicted molar refractivity (Wildman–Crippen MR) is 444 cm³/mol. The SMILES string of the molecule is CCCSC[C@H]1C[C@@H]2OC3[C@@H](CSCCOOC)O[C@H](OC4[C@@H](CSCCC(=O)O)O[C@H](O[C@H]5[C@H](O)[C@@H](O)C(O[C@H]6[C@H](O)[C@@H](O)C(O[C@H]7[C@H](O)[C@@H](O)C(O[C@H]8[C@H](O)[C@@H](O)[C@@H](OC9[C@@H](CSCCC(=O)O)O[C@H](OC1[C@H](O)[C@H]2O)[C@H](O)[C@H]9O)O[C@@H]8CSCCC(=O)O)O[C@@H]7CSCCC(=O)O)O[C@@H]6CSCCC(=O)O)O[C@@H]5CSCCOOC)[C@H](O)[C@H]4O)[C@H](O)[C@H]3O. The summed E-state index contributed by atoms with van der Waals surface area (Å²) in [5, 5.41) is 245. The fraction of sp³-hybridized carbons (Fsp3) is 0.932. The Hall–Kier alpha value is -1.25. The summed E-state index contributed by atoms with van der Waals surface area (Å²) in [5.41, 5.74) is 0. The fourth-order valence-corrected chi connectivity index (χ4v) is 22.9. The highest BCUT2D eigenvalue weighted by Crippen LogP contribution is 2.44. The van der Waals surface area contributed by atoms with Gasteiger partial charge < -0.3 is 178 Å². The zero-order chi connectivity index (χ0) is 91.8. The second kappa shape index (κ2) is 54.0. The molecule has 0 amide bonds. The number of aliphatic hydroxyl groups is 16. The Bertz CT molecular complexity index is 3230. The fourth-order valence-electron chi connectivity index (χ4n) is 15.2. The second-order valence-electron chi connectivity index (χ2n) is 30.8. The van der Waals surface area contributed by atoms with E-state index < -0.39 is 301 Å². The molecule has 21 N–H and O–H groups in total. The lowest BCUT2D eigenvalue weighted by Crippen LogP contribution is -2.68. The van der Waals surface area contributed by atoms with Gasteiger partial charge in [-0.15, -0.1) is 0 Å². The van der Waals surface area contributed by atoms with Crippen LogP contribution in [0.5, 0.6) is 0 Å². The van der Waals surface area contributed by atoms with Crippen LogP contribution in [0.3, 0.4) is 0 Å². The topological polar surface area (TPSA) is 686 Å². The van der Waals surface area contributed by atoms with Gasteiger partial charge in [-0.05, 0) is 30.3 Å². The Morgan fingerprint density at radius 3 is 0.667 bits per heavy atom. The number of ether oxygens (including phenoxy) is 15. The molecule has 0 aromatic heterocycles. The van der Waals surface area contributed by atoms with Gasteiger partial charge in [0.15, 0.2) is 44.0 Å². The van der Waals surface area contributed by atoms with Gasteiger partial charge in [0.2, 0.25) is 0 Å². The van der Waals surface area contributed by atoms with Crippen molar-refractivity contribution < 1.29 is 222 Å². The van der Waals surface area contributed by atoms with Gasteiger partial charge in [0.05, 0.1) is 114 Å². The Labute approximate surface area is 757 Å². The molecule has 16 bridgehead atoms. The number of carboxylic acids is 5. The molecule has 7 unspecified atom stereocenters. The molecular formula is C73H120O45S8. The van der Waals surface area contributed by atoms with Crippen LogP contribution in [-0.4, -0.2) is 496 Å². The first-order valence-electron chi connectivity index (χ1n) is 40.9. The highest BCUT2D eigenvalue weighted by molar-refractivity contribution is 8.00. The van der Waals surface area contributed by atoms with Gasteiger partial charge >= 0.3 is 29.8 Å². The third-order valence-electron chi connectivity index (χ3n) is 21.7. The van der Waals surface area contributed by atoms with Crippen LogP contribution in [0.1, 0.15) is 51.9 Å². The van der Waals surface area contributed by atoms with Crippen LogP contribution in [0.4, 0.5) is 0 Å².